The van der Waals surface area contributed by atoms with E-state index in [-0.39, 0.29) is 35.3 Å². The van der Waals surface area contributed by atoms with Crippen molar-refractivity contribution >= 4 is 32.7 Å². The van der Waals surface area contributed by atoms with Crippen LogP contribution in [0.15, 0.2) is 65.7 Å². The Hall–Kier alpha value is -2.32. The van der Waals surface area contributed by atoms with Gasteiger partial charge in [-0.1, -0.05) is 60.3 Å². The highest BCUT2D eigenvalue weighted by Crippen LogP contribution is 2.38. The first-order chi connectivity index (χ1) is 14.0. The second-order valence-corrected chi connectivity index (χ2v) is 10.5. The van der Waals surface area contributed by atoms with Gasteiger partial charge >= 0.3 is 0 Å². The van der Waals surface area contributed by atoms with Gasteiger partial charge in [-0.3, -0.25) is 4.79 Å². The van der Waals surface area contributed by atoms with Crippen LogP contribution in [-0.2, 0) is 21.1 Å². The summed E-state index contributed by atoms with van der Waals surface area (Å²) < 4.78 is 29.7. The zero-order valence-corrected chi connectivity index (χ0v) is 17.4. The molecular formula is C21H22N2O4S2. The summed E-state index contributed by atoms with van der Waals surface area (Å²) in [5, 5.41) is 0.532. The van der Waals surface area contributed by atoms with Crippen LogP contribution in [-0.4, -0.2) is 60.3 Å². The van der Waals surface area contributed by atoms with E-state index in [0.717, 1.165) is 6.42 Å². The van der Waals surface area contributed by atoms with E-state index < -0.39 is 9.84 Å². The summed E-state index contributed by atoms with van der Waals surface area (Å²) in [7, 11) is -3.05. The number of hydrogen-bond donors (Lipinski definition) is 0. The van der Waals surface area contributed by atoms with Crippen LogP contribution in [0.5, 0.6) is 5.75 Å². The van der Waals surface area contributed by atoms with E-state index in [1.807, 2.05) is 53.4 Å². The van der Waals surface area contributed by atoms with Gasteiger partial charge in [-0.15, -0.1) is 0 Å². The fourth-order valence-corrected chi connectivity index (χ4v) is 7.59. The van der Waals surface area contributed by atoms with Gasteiger partial charge in [-0.05, 0) is 24.1 Å². The molecule has 8 heteroatoms. The molecule has 2 aliphatic rings. The van der Waals surface area contributed by atoms with Gasteiger partial charge in [0.05, 0.1) is 17.5 Å². The number of fused-ring (bicyclic) bond motifs is 1. The normalized spacial score (nSPS) is 23.9. The Morgan fingerprint density at radius 1 is 1.07 bits per heavy atom. The van der Waals surface area contributed by atoms with Crippen molar-refractivity contribution in [3.05, 3.63) is 66.2 Å². The number of rotatable bonds is 6. The van der Waals surface area contributed by atoms with Crippen molar-refractivity contribution in [2.45, 2.75) is 17.7 Å². The summed E-state index contributed by atoms with van der Waals surface area (Å²) in [5.74, 6) is 0.498. The number of nitrogens with zero attached hydrogens (tertiary/aromatic N) is 2. The minimum atomic E-state index is -3.05. The Balaban J connectivity index is 1.46. The molecule has 2 fully saturated rings. The molecule has 2 saturated heterocycles. The number of sulfone groups is 1. The van der Waals surface area contributed by atoms with E-state index in [4.69, 9.17) is 4.74 Å². The molecule has 4 rings (SSSR count). The first-order valence-electron chi connectivity index (χ1n) is 9.47. The zero-order valence-electron chi connectivity index (χ0n) is 15.8. The zero-order chi connectivity index (χ0) is 20.3. The molecule has 0 aliphatic carbocycles. The number of hydrogen-bond acceptors (Lipinski definition) is 5. The fraction of sp³-hybridized carbons (Fsp3) is 0.333. The Kier molecular flexibility index (Phi) is 5.91. The first-order valence-corrected chi connectivity index (χ1v) is 12.2. The number of amides is 1. The van der Waals surface area contributed by atoms with E-state index in [2.05, 4.69) is 4.99 Å². The van der Waals surface area contributed by atoms with Crippen molar-refractivity contribution in [2.24, 2.45) is 4.99 Å². The molecular weight excluding hydrogens is 408 g/mol. The van der Waals surface area contributed by atoms with Gasteiger partial charge in [-0.2, -0.15) is 4.99 Å². The van der Waals surface area contributed by atoms with Crippen LogP contribution >= 0.6 is 11.8 Å². The van der Waals surface area contributed by atoms with Crippen molar-refractivity contribution in [1.82, 2.24) is 4.90 Å². The van der Waals surface area contributed by atoms with Crippen LogP contribution in [0, 0.1) is 0 Å². The molecule has 152 valence electrons. The minimum Gasteiger partial charge on any atom is -0.484 e. The quantitative estimate of drug-likeness (QED) is 0.701. The SMILES string of the molecule is O=C(COc1ccccc1)N=C1SC2CS(=O)(=O)CC2N1CCc1ccccc1. The maximum Gasteiger partial charge on any atom is 0.285 e. The predicted molar refractivity (Wildman–Crippen MR) is 115 cm³/mol. The number of carbonyl (C=O) groups is 1. The summed E-state index contributed by atoms with van der Waals surface area (Å²) in [6.45, 7) is 0.480. The molecule has 1 amide bonds. The van der Waals surface area contributed by atoms with E-state index in [1.54, 1.807) is 12.1 Å². The Bertz CT molecular complexity index is 994. The molecule has 0 bridgehead atoms. The van der Waals surface area contributed by atoms with Crippen LogP contribution in [0.1, 0.15) is 5.56 Å². The van der Waals surface area contributed by atoms with Crippen LogP contribution in [0.4, 0.5) is 0 Å². The summed E-state index contributed by atoms with van der Waals surface area (Å²) in [5.41, 5.74) is 1.17. The topological polar surface area (TPSA) is 76.0 Å². The number of amidine groups is 1. The molecule has 2 aromatic carbocycles. The highest BCUT2D eigenvalue weighted by molar-refractivity contribution is 8.15. The molecule has 2 aromatic rings. The number of carbonyl (C=O) groups excluding carboxylic acids is 1. The molecule has 0 radical (unpaired) electrons. The second-order valence-electron chi connectivity index (χ2n) is 7.12. The van der Waals surface area contributed by atoms with Crippen molar-refractivity contribution in [2.75, 3.05) is 24.7 Å². The number of benzene rings is 2. The summed E-state index contributed by atoms with van der Waals surface area (Å²) in [6, 6.07) is 19.0. The standard InChI is InChI=1S/C21H22N2O4S2/c24-20(13-27-17-9-5-2-6-10-17)22-21-23(12-11-16-7-3-1-4-8-16)18-14-29(25,26)15-19(18)28-21/h1-10,18-19H,11-15H2. The van der Waals surface area contributed by atoms with Gasteiger partial charge in [0.15, 0.2) is 21.6 Å². The Morgan fingerprint density at radius 2 is 1.76 bits per heavy atom. The Labute approximate surface area is 174 Å². The van der Waals surface area contributed by atoms with Gasteiger partial charge in [0.1, 0.15) is 5.75 Å². The summed E-state index contributed by atoms with van der Waals surface area (Å²) >= 11 is 1.40. The van der Waals surface area contributed by atoms with Crippen molar-refractivity contribution < 1.29 is 17.9 Å². The summed E-state index contributed by atoms with van der Waals surface area (Å²) in [4.78, 5) is 18.6. The highest BCUT2D eigenvalue weighted by Gasteiger charge is 2.48. The third kappa shape index (κ3) is 5.00. The fourth-order valence-electron chi connectivity index (χ4n) is 3.59. The number of aliphatic imine (C=N–C) groups is 1. The monoisotopic (exact) mass is 430 g/mol. The van der Waals surface area contributed by atoms with Crippen molar-refractivity contribution in [3.63, 3.8) is 0 Å². The lowest BCUT2D eigenvalue weighted by atomic mass is 10.1. The maximum atomic E-state index is 12.4. The number of para-hydroxylation sites is 1. The molecule has 2 atom stereocenters. The molecule has 6 nitrogen and oxygen atoms in total. The molecule has 0 N–H and O–H groups in total. The van der Waals surface area contributed by atoms with Crippen LogP contribution in [0.3, 0.4) is 0 Å². The molecule has 0 spiro atoms. The average molecular weight is 431 g/mol. The van der Waals surface area contributed by atoms with Crippen molar-refractivity contribution in [1.29, 1.82) is 0 Å². The second kappa shape index (κ2) is 8.59. The molecule has 2 heterocycles. The Morgan fingerprint density at radius 3 is 2.48 bits per heavy atom. The number of thioether (sulfide) groups is 1. The lowest BCUT2D eigenvalue weighted by molar-refractivity contribution is -0.119. The van der Waals surface area contributed by atoms with Crippen LogP contribution in [0.2, 0.25) is 0 Å². The maximum absolute atomic E-state index is 12.4. The van der Waals surface area contributed by atoms with Gasteiger partial charge in [0.2, 0.25) is 0 Å². The van der Waals surface area contributed by atoms with E-state index >= 15 is 0 Å². The van der Waals surface area contributed by atoms with Gasteiger partial charge in [0.25, 0.3) is 5.91 Å². The third-order valence-electron chi connectivity index (χ3n) is 4.98. The van der Waals surface area contributed by atoms with E-state index in [1.165, 1.54) is 17.3 Å². The van der Waals surface area contributed by atoms with Gasteiger partial charge in [-0.25, -0.2) is 8.42 Å². The van der Waals surface area contributed by atoms with E-state index in [9.17, 15) is 13.2 Å². The lowest BCUT2D eigenvalue weighted by Crippen LogP contribution is -2.39. The molecule has 2 unspecified atom stereocenters. The van der Waals surface area contributed by atoms with Gasteiger partial charge in [0, 0.05) is 11.8 Å². The predicted octanol–water partition coefficient (Wildman–Crippen LogP) is 2.41. The smallest absolute Gasteiger partial charge is 0.285 e. The van der Waals surface area contributed by atoms with E-state index in [0.29, 0.717) is 17.5 Å². The molecule has 2 aliphatic heterocycles. The average Bonchev–Trinajstić information content (AvgIpc) is 3.17. The molecule has 29 heavy (non-hydrogen) atoms. The van der Waals surface area contributed by atoms with Crippen LogP contribution < -0.4 is 4.74 Å². The largest absolute Gasteiger partial charge is 0.484 e. The highest BCUT2D eigenvalue weighted by atomic mass is 32.2. The lowest BCUT2D eigenvalue weighted by Gasteiger charge is -2.24. The van der Waals surface area contributed by atoms with Crippen LogP contribution in [0.25, 0.3) is 0 Å². The summed E-state index contributed by atoms with van der Waals surface area (Å²) in [6.07, 6.45) is 0.762. The molecule has 0 saturated carbocycles. The molecule has 0 aromatic heterocycles. The minimum absolute atomic E-state index is 0.0719. The number of ether oxygens (including phenoxy) is 1. The first kappa shape index (κ1) is 20.0. The van der Waals surface area contributed by atoms with Gasteiger partial charge < -0.3 is 9.64 Å². The third-order valence-corrected chi connectivity index (χ3v) is 8.23. The van der Waals surface area contributed by atoms with Crippen molar-refractivity contribution in [3.8, 4) is 5.75 Å².